The molecule has 1 aliphatic rings. The standard InChI is InChI=1S/C17H19FN4O3S/c18-14-4-2-1-3-12(14)5-7-19-17(23)15-9-21-16(10-20-15)22-13-6-8-26(24,25)11-13/h1-4,9-10,13H,5-8,11H2,(H,19,23)(H,21,22). The summed E-state index contributed by atoms with van der Waals surface area (Å²) in [6.45, 7) is 0.279. The van der Waals surface area contributed by atoms with E-state index in [1.807, 2.05) is 0 Å². The number of carbonyl (C=O) groups excluding carboxylic acids is 1. The molecule has 3 rings (SSSR count). The molecule has 1 atom stereocenters. The van der Waals surface area contributed by atoms with Crippen LogP contribution in [-0.4, -0.2) is 48.4 Å². The lowest BCUT2D eigenvalue weighted by Crippen LogP contribution is -2.27. The third-order valence-electron chi connectivity index (χ3n) is 4.11. The van der Waals surface area contributed by atoms with Gasteiger partial charge in [-0.1, -0.05) is 18.2 Å². The van der Waals surface area contributed by atoms with E-state index in [1.54, 1.807) is 18.2 Å². The molecule has 7 nitrogen and oxygen atoms in total. The highest BCUT2D eigenvalue weighted by molar-refractivity contribution is 7.91. The van der Waals surface area contributed by atoms with Gasteiger partial charge in [-0.2, -0.15) is 0 Å². The molecule has 2 aromatic rings. The van der Waals surface area contributed by atoms with Crippen molar-refractivity contribution in [2.75, 3.05) is 23.4 Å². The zero-order chi connectivity index (χ0) is 18.6. The third kappa shape index (κ3) is 4.75. The van der Waals surface area contributed by atoms with E-state index in [9.17, 15) is 17.6 Å². The Balaban J connectivity index is 1.50. The maximum Gasteiger partial charge on any atom is 0.271 e. The van der Waals surface area contributed by atoms with Crippen molar-refractivity contribution >= 4 is 21.6 Å². The van der Waals surface area contributed by atoms with Crippen LogP contribution in [0.25, 0.3) is 0 Å². The zero-order valence-electron chi connectivity index (χ0n) is 14.0. The van der Waals surface area contributed by atoms with E-state index in [0.717, 1.165) is 0 Å². The largest absolute Gasteiger partial charge is 0.365 e. The van der Waals surface area contributed by atoms with E-state index in [2.05, 4.69) is 20.6 Å². The zero-order valence-corrected chi connectivity index (χ0v) is 14.8. The van der Waals surface area contributed by atoms with Gasteiger partial charge in [0.05, 0.1) is 23.9 Å². The summed E-state index contributed by atoms with van der Waals surface area (Å²) in [6.07, 6.45) is 3.63. The summed E-state index contributed by atoms with van der Waals surface area (Å²) in [5.41, 5.74) is 0.674. The maximum atomic E-state index is 13.5. The minimum Gasteiger partial charge on any atom is -0.365 e. The molecular formula is C17H19FN4O3S. The minimum absolute atomic E-state index is 0.0764. The van der Waals surface area contributed by atoms with E-state index in [0.29, 0.717) is 24.2 Å². The average Bonchev–Trinajstić information content (AvgIpc) is 2.95. The van der Waals surface area contributed by atoms with Crippen LogP contribution in [0.4, 0.5) is 10.2 Å². The molecule has 1 aliphatic heterocycles. The van der Waals surface area contributed by atoms with Crippen LogP contribution in [0.1, 0.15) is 22.5 Å². The second-order valence-electron chi connectivity index (χ2n) is 6.13. The predicted octanol–water partition coefficient (Wildman–Crippen LogP) is 1.19. The maximum absolute atomic E-state index is 13.5. The SMILES string of the molecule is O=C(NCCc1ccccc1F)c1cnc(NC2CCS(=O)(=O)C2)cn1. The molecule has 138 valence electrons. The van der Waals surface area contributed by atoms with Crippen molar-refractivity contribution in [2.45, 2.75) is 18.9 Å². The third-order valence-corrected chi connectivity index (χ3v) is 5.87. The average molecular weight is 378 g/mol. The molecule has 0 saturated carbocycles. The minimum atomic E-state index is -2.97. The van der Waals surface area contributed by atoms with Crippen molar-refractivity contribution in [3.63, 3.8) is 0 Å². The van der Waals surface area contributed by atoms with Crippen LogP contribution in [-0.2, 0) is 16.3 Å². The summed E-state index contributed by atoms with van der Waals surface area (Å²) in [4.78, 5) is 20.2. The van der Waals surface area contributed by atoms with Gasteiger partial charge in [-0.05, 0) is 24.5 Å². The Morgan fingerprint density at radius 3 is 2.69 bits per heavy atom. The summed E-state index contributed by atoms with van der Waals surface area (Å²) >= 11 is 0. The fourth-order valence-corrected chi connectivity index (χ4v) is 4.41. The van der Waals surface area contributed by atoms with Gasteiger partial charge in [0.1, 0.15) is 17.3 Å². The highest BCUT2D eigenvalue weighted by Crippen LogP contribution is 2.15. The molecule has 0 radical (unpaired) electrons. The van der Waals surface area contributed by atoms with Crippen molar-refractivity contribution in [1.82, 2.24) is 15.3 Å². The molecule has 1 fully saturated rings. The fraction of sp³-hybridized carbons (Fsp3) is 0.353. The molecule has 1 amide bonds. The Hall–Kier alpha value is -2.55. The first-order valence-electron chi connectivity index (χ1n) is 8.23. The van der Waals surface area contributed by atoms with Gasteiger partial charge >= 0.3 is 0 Å². The van der Waals surface area contributed by atoms with Crippen LogP contribution < -0.4 is 10.6 Å². The topological polar surface area (TPSA) is 101 Å². The van der Waals surface area contributed by atoms with Crippen LogP contribution in [0.3, 0.4) is 0 Å². The normalized spacial score (nSPS) is 18.4. The number of carbonyl (C=O) groups is 1. The number of aromatic nitrogens is 2. The van der Waals surface area contributed by atoms with Gasteiger partial charge in [-0.15, -0.1) is 0 Å². The molecule has 2 N–H and O–H groups in total. The quantitative estimate of drug-likeness (QED) is 0.783. The number of anilines is 1. The Kier molecular flexibility index (Phi) is 5.46. The first-order valence-corrected chi connectivity index (χ1v) is 10.1. The second-order valence-corrected chi connectivity index (χ2v) is 8.36. The predicted molar refractivity (Wildman–Crippen MR) is 95.2 cm³/mol. The number of hydrogen-bond acceptors (Lipinski definition) is 6. The molecule has 1 aromatic heterocycles. The summed E-state index contributed by atoms with van der Waals surface area (Å²) in [7, 11) is -2.97. The number of rotatable bonds is 6. The summed E-state index contributed by atoms with van der Waals surface area (Å²) < 4.78 is 36.4. The summed E-state index contributed by atoms with van der Waals surface area (Å²) in [6, 6.07) is 6.22. The van der Waals surface area contributed by atoms with Crippen molar-refractivity contribution < 1.29 is 17.6 Å². The fourth-order valence-electron chi connectivity index (χ4n) is 2.74. The number of benzene rings is 1. The van der Waals surface area contributed by atoms with E-state index >= 15 is 0 Å². The van der Waals surface area contributed by atoms with Crippen molar-refractivity contribution in [2.24, 2.45) is 0 Å². The molecule has 9 heteroatoms. The van der Waals surface area contributed by atoms with Gasteiger partial charge in [0.25, 0.3) is 5.91 Å². The lowest BCUT2D eigenvalue weighted by Gasteiger charge is -2.11. The van der Waals surface area contributed by atoms with Crippen molar-refractivity contribution in [3.05, 3.63) is 53.7 Å². The summed E-state index contributed by atoms with van der Waals surface area (Å²) in [5, 5.41) is 5.68. The van der Waals surface area contributed by atoms with Crippen molar-refractivity contribution in [1.29, 1.82) is 0 Å². The number of halogens is 1. The molecule has 1 aromatic carbocycles. The van der Waals surface area contributed by atoms with E-state index < -0.39 is 15.7 Å². The van der Waals surface area contributed by atoms with Crippen LogP contribution >= 0.6 is 0 Å². The number of nitrogens with one attached hydrogen (secondary N) is 2. The molecule has 0 aliphatic carbocycles. The Labute approximate surface area is 151 Å². The van der Waals surface area contributed by atoms with Crippen LogP contribution in [0.2, 0.25) is 0 Å². The van der Waals surface area contributed by atoms with Crippen LogP contribution in [0.5, 0.6) is 0 Å². The Bertz CT molecular complexity index is 887. The van der Waals surface area contributed by atoms with Gasteiger partial charge < -0.3 is 10.6 Å². The smallest absolute Gasteiger partial charge is 0.271 e. The van der Waals surface area contributed by atoms with E-state index in [4.69, 9.17) is 0 Å². The van der Waals surface area contributed by atoms with E-state index in [1.165, 1.54) is 18.5 Å². The number of sulfone groups is 1. The molecule has 1 saturated heterocycles. The number of nitrogens with zero attached hydrogens (tertiary/aromatic N) is 2. The second kappa shape index (κ2) is 7.77. The lowest BCUT2D eigenvalue weighted by atomic mass is 10.1. The first-order chi connectivity index (χ1) is 12.4. The van der Waals surface area contributed by atoms with Gasteiger partial charge in [-0.3, -0.25) is 4.79 Å². The highest BCUT2D eigenvalue weighted by Gasteiger charge is 2.27. The molecule has 1 unspecified atom stereocenters. The van der Waals surface area contributed by atoms with Crippen molar-refractivity contribution in [3.8, 4) is 0 Å². The Morgan fingerprint density at radius 1 is 1.23 bits per heavy atom. The van der Waals surface area contributed by atoms with Gasteiger partial charge in [0.2, 0.25) is 0 Å². The van der Waals surface area contributed by atoms with Gasteiger partial charge in [0.15, 0.2) is 9.84 Å². The van der Waals surface area contributed by atoms with Crippen LogP contribution in [0, 0.1) is 5.82 Å². The molecule has 0 spiro atoms. The first kappa shape index (κ1) is 18.2. The number of amides is 1. The highest BCUT2D eigenvalue weighted by atomic mass is 32.2. The lowest BCUT2D eigenvalue weighted by molar-refractivity contribution is 0.0948. The van der Waals surface area contributed by atoms with Gasteiger partial charge in [0, 0.05) is 12.6 Å². The monoisotopic (exact) mass is 378 g/mol. The number of hydrogen-bond donors (Lipinski definition) is 2. The molecular weight excluding hydrogens is 359 g/mol. The molecule has 0 bridgehead atoms. The summed E-state index contributed by atoms with van der Waals surface area (Å²) in [5.74, 6) is -0.0298. The Morgan fingerprint density at radius 2 is 2.04 bits per heavy atom. The van der Waals surface area contributed by atoms with E-state index in [-0.39, 0.29) is 35.6 Å². The molecule has 2 heterocycles. The van der Waals surface area contributed by atoms with Crippen LogP contribution in [0.15, 0.2) is 36.7 Å². The molecule has 26 heavy (non-hydrogen) atoms. The van der Waals surface area contributed by atoms with Gasteiger partial charge in [-0.25, -0.2) is 22.8 Å².